The van der Waals surface area contributed by atoms with E-state index in [1.807, 2.05) is 41.3 Å². The molecule has 0 N–H and O–H groups in total. The van der Waals surface area contributed by atoms with Crippen molar-refractivity contribution in [2.75, 3.05) is 19.9 Å². The number of rotatable bonds is 10. The molecule has 0 unspecified atom stereocenters. The average Bonchev–Trinajstić information content (AvgIpc) is 2.93. The predicted molar refractivity (Wildman–Crippen MR) is 142 cm³/mol. The highest BCUT2D eigenvalue weighted by atomic mass is 16.7. The van der Waals surface area contributed by atoms with Gasteiger partial charge in [-0.2, -0.15) is 0 Å². The number of carbonyl (C=O) groups is 1. The summed E-state index contributed by atoms with van der Waals surface area (Å²) in [6.07, 6.45) is 8.43. The molecular weight excluding hydrogens is 466 g/mol. The minimum Gasteiger partial charge on any atom is -0.466 e. The van der Waals surface area contributed by atoms with Crippen LogP contribution >= 0.6 is 0 Å². The Hall–Kier alpha value is -3.15. The molecule has 3 atom stereocenters. The van der Waals surface area contributed by atoms with Crippen LogP contribution in [0.1, 0.15) is 68.6 Å². The Morgan fingerprint density at radius 2 is 1.95 bits per heavy atom. The van der Waals surface area contributed by atoms with Gasteiger partial charge in [0.1, 0.15) is 12.4 Å². The minimum absolute atomic E-state index is 0.0732. The van der Waals surface area contributed by atoms with E-state index >= 15 is 0 Å². The molecule has 5 rings (SSSR count). The van der Waals surface area contributed by atoms with E-state index in [2.05, 4.69) is 25.6 Å². The van der Waals surface area contributed by atoms with Crippen molar-refractivity contribution >= 4 is 6.09 Å². The Labute approximate surface area is 220 Å². The van der Waals surface area contributed by atoms with E-state index in [0.717, 1.165) is 56.4 Å². The quantitative estimate of drug-likeness (QED) is 0.204. The normalized spacial score (nSPS) is 23.9. The molecule has 3 aliphatic rings. The first-order chi connectivity index (χ1) is 18.1. The summed E-state index contributed by atoms with van der Waals surface area (Å²) < 4.78 is 22.7. The van der Waals surface area contributed by atoms with Crippen molar-refractivity contribution in [2.24, 2.45) is 5.92 Å². The van der Waals surface area contributed by atoms with Gasteiger partial charge in [-0.05, 0) is 73.4 Å². The predicted octanol–water partition coefficient (Wildman–Crippen LogP) is 6.72. The summed E-state index contributed by atoms with van der Waals surface area (Å²) in [6.45, 7) is 7.65. The molecule has 37 heavy (non-hydrogen) atoms. The molecule has 0 aromatic heterocycles. The van der Waals surface area contributed by atoms with Crippen LogP contribution in [0.3, 0.4) is 0 Å². The lowest BCUT2D eigenvalue weighted by molar-refractivity contribution is -0.0267. The maximum atomic E-state index is 13.2. The fourth-order valence-corrected chi connectivity index (χ4v) is 6.64. The van der Waals surface area contributed by atoms with Gasteiger partial charge < -0.3 is 23.8 Å². The standard InChI is InChI=1S/C31H39NO5/c1-3-4-18-34-23(2)36-22-37-26-14-13-25-19-29-27-12-8-9-15-31(27,28(25)20-26)16-17-32(29)30(33)35-21-24-10-6-5-7-11-24/h5-7,10-11,13-14,20,27,29H,2-4,8-9,12,15-19,21-22H2,1H3/t27-,29+,31+/m1/s1. The number of nitrogens with zero attached hydrogens (tertiary/aromatic N) is 1. The van der Waals surface area contributed by atoms with Crippen LogP contribution < -0.4 is 4.74 Å². The second kappa shape index (κ2) is 11.5. The number of ether oxygens (including phenoxy) is 4. The van der Waals surface area contributed by atoms with E-state index in [1.54, 1.807) is 0 Å². The van der Waals surface area contributed by atoms with Crippen LogP contribution in [0.15, 0.2) is 61.1 Å². The number of amides is 1. The smallest absolute Gasteiger partial charge is 0.410 e. The first kappa shape index (κ1) is 25.5. The number of carbonyl (C=O) groups excluding carboxylic acids is 1. The first-order valence-electron chi connectivity index (χ1n) is 13.8. The maximum Gasteiger partial charge on any atom is 0.410 e. The third-order valence-corrected chi connectivity index (χ3v) is 8.45. The average molecular weight is 506 g/mol. The van der Waals surface area contributed by atoms with Crippen molar-refractivity contribution in [3.05, 3.63) is 77.7 Å². The second-order valence-electron chi connectivity index (χ2n) is 10.6. The van der Waals surface area contributed by atoms with E-state index in [9.17, 15) is 4.79 Å². The number of likely N-dealkylation sites (tertiary alicyclic amines) is 1. The van der Waals surface area contributed by atoms with Crippen molar-refractivity contribution in [1.29, 1.82) is 0 Å². The third-order valence-electron chi connectivity index (χ3n) is 8.45. The van der Waals surface area contributed by atoms with Gasteiger partial charge in [-0.3, -0.25) is 0 Å². The summed E-state index contributed by atoms with van der Waals surface area (Å²) in [7, 11) is 0. The Morgan fingerprint density at radius 1 is 1.08 bits per heavy atom. The highest BCUT2D eigenvalue weighted by molar-refractivity contribution is 5.69. The molecule has 2 fully saturated rings. The van der Waals surface area contributed by atoms with Gasteiger partial charge in [0.05, 0.1) is 6.61 Å². The van der Waals surface area contributed by atoms with Gasteiger partial charge in [0, 0.05) is 18.0 Å². The molecule has 2 aliphatic carbocycles. The van der Waals surface area contributed by atoms with Gasteiger partial charge in [-0.25, -0.2) is 4.79 Å². The van der Waals surface area contributed by atoms with Crippen LogP contribution in [-0.2, 0) is 32.7 Å². The molecule has 2 aromatic rings. The number of fused-ring (bicyclic) bond motifs is 1. The molecule has 1 heterocycles. The van der Waals surface area contributed by atoms with Crippen molar-refractivity contribution in [3.63, 3.8) is 0 Å². The molecule has 198 valence electrons. The largest absolute Gasteiger partial charge is 0.466 e. The SMILES string of the molecule is C=C(OCCCC)OCOc1ccc2c(c1)[C@]13CCCC[C@@H]1[C@H](C2)N(C(=O)OCc1ccccc1)CC3. The Morgan fingerprint density at radius 3 is 2.78 bits per heavy atom. The highest BCUT2D eigenvalue weighted by Crippen LogP contribution is 2.56. The topological polar surface area (TPSA) is 57.2 Å². The number of hydrogen-bond donors (Lipinski definition) is 0. The summed E-state index contributed by atoms with van der Waals surface area (Å²) in [5.74, 6) is 1.55. The Kier molecular flexibility index (Phi) is 7.92. The van der Waals surface area contributed by atoms with Gasteiger partial charge in [-0.15, -0.1) is 0 Å². The molecular formula is C31H39NO5. The van der Waals surface area contributed by atoms with Crippen molar-refractivity contribution in [1.82, 2.24) is 4.90 Å². The molecule has 1 amide bonds. The first-order valence-corrected chi connectivity index (χ1v) is 13.8. The van der Waals surface area contributed by atoms with E-state index in [1.165, 1.54) is 24.0 Å². The molecule has 2 bridgehead atoms. The third kappa shape index (κ3) is 5.43. The summed E-state index contributed by atoms with van der Waals surface area (Å²) in [6, 6.07) is 16.5. The van der Waals surface area contributed by atoms with Crippen LogP contribution in [0.2, 0.25) is 0 Å². The zero-order valence-electron chi connectivity index (χ0n) is 22.0. The molecule has 6 heteroatoms. The minimum atomic E-state index is -0.185. The summed E-state index contributed by atoms with van der Waals surface area (Å²) >= 11 is 0. The lowest BCUT2D eigenvalue weighted by Gasteiger charge is -2.58. The molecule has 0 radical (unpaired) electrons. The van der Waals surface area contributed by atoms with Crippen molar-refractivity contribution in [2.45, 2.75) is 76.4 Å². The van der Waals surface area contributed by atoms with Crippen LogP contribution in [-0.4, -0.2) is 37.0 Å². The molecule has 1 aliphatic heterocycles. The van der Waals surface area contributed by atoms with Gasteiger partial charge >= 0.3 is 6.09 Å². The van der Waals surface area contributed by atoms with E-state index in [4.69, 9.17) is 18.9 Å². The summed E-state index contributed by atoms with van der Waals surface area (Å²) in [5.41, 5.74) is 3.84. The number of unbranched alkanes of at least 4 members (excludes halogenated alkanes) is 1. The van der Waals surface area contributed by atoms with Crippen LogP contribution in [0.4, 0.5) is 4.79 Å². The maximum absolute atomic E-state index is 13.2. The van der Waals surface area contributed by atoms with Crippen LogP contribution in [0.5, 0.6) is 5.75 Å². The number of benzene rings is 2. The molecule has 6 nitrogen and oxygen atoms in total. The molecule has 1 saturated carbocycles. The number of hydrogen-bond acceptors (Lipinski definition) is 5. The van der Waals surface area contributed by atoms with E-state index in [0.29, 0.717) is 25.1 Å². The Balaban J connectivity index is 1.27. The van der Waals surface area contributed by atoms with Crippen molar-refractivity contribution in [3.8, 4) is 5.75 Å². The van der Waals surface area contributed by atoms with Gasteiger partial charge in [0.2, 0.25) is 6.79 Å². The zero-order valence-corrected chi connectivity index (χ0v) is 22.0. The lowest BCUT2D eigenvalue weighted by Crippen LogP contribution is -2.62. The zero-order chi connectivity index (χ0) is 25.7. The number of piperidine rings is 1. The highest BCUT2D eigenvalue weighted by Gasteiger charge is 2.55. The van der Waals surface area contributed by atoms with Crippen LogP contribution in [0, 0.1) is 5.92 Å². The monoisotopic (exact) mass is 505 g/mol. The molecule has 2 aromatic carbocycles. The fraction of sp³-hybridized carbons (Fsp3) is 0.516. The van der Waals surface area contributed by atoms with Crippen LogP contribution in [0.25, 0.3) is 0 Å². The van der Waals surface area contributed by atoms with Gasteiger partial charge in [0.25, 0.3) is 5.95 Å². The molecule has 1 saturated heterocycles. The summed E-state index contributed by atoms with van der Waals surface area (Å²) in [4.78, 5) is 15.2. The van der Waals surface area contributed by atoms with Crippen molar-refractivity contribution < 1.29 is 23.7 Å². The summed E-state index contributed by atoms with van der Waals surface area (Å²) in [5, 5.41) is 0. The fourth-order valence-electron chi connectivity index (χ4n) is 6.64. The van der Waals surface area contributed by atoms with Gasteiger partial charge in [0.15, 0.2) is 0 Å². The van der Waals surface area contributed by atoms with E-state index in [-0.39, 0.29) is 24.3 Å². The Bertz CT molecular complexity index is 1090. The van der Waals surface area contributed by atoms with Gasteiger partial charge in [-0.1, -0.05) is 62.6 Å². The lowest BCUT2D eigenvalue weighted by atomic mass is 9.52. The second-order valence-corrected chi connectivity index (χ2v) is 10.6. The van der Waals surface area contributed by atoms with E-state index < -0.39 is 0 Å². The molecule has 0 spiro atoms.